The van der Waals surface area contributed by atoms with Gasteiger partial charge in [-0.15, -0.1) is 0 Å². The maximum atomic E-state index is 12.0. The number of nitrogens with one attached hydrogen (secondary N) is 2. The highest BCUT2D eigenvalue weighted by atomic mass is 79.9. The molecular formula is C22H19BrN2O3. The predicted octanol–water partition coefficient (Wildman–Crippen LogP) is 4.26. The molecule has 0 radical (unpaired) electrons. The van der Waals surface area contributed by atoms with Gasteiger partial charge < -0.3 is 4.74 Å². The number of carbonyl (C=O) groups excluding carboxylic acids is 2. The molecule has 5 nitrogen and oxygen atoms in total. The average Bonchev–Trinajstić information content (AvgIpc) is 2.71. The summed E-state index contributed by atoms with van der Waals surface area (Å²) in [5, 5.41) is 0. The summed E-state index contributed by atoms with van der Waals surface area (Å²) in [5.74, 6) is -0.301. The van der Waals surface area contributed by atoms with Crippen LogP contribution in [0.1, 0.15) is 15.9 Å². The van der Waals surface area contributed by atoms with Crippen molar-refractivity contribution in [1.29, 1.82) is 0 Å². The first-order valence-corrected chi connectivity index (χ1v) is 9.46. The minimum atomic E-state index is -0.458. The van der Waals surface area contributed by atoms with Crippen molar-refractivity contribution in [3.05, 3.63) is 88.4 Å². The van der Waals surface area contributed by atoms with E-state index in [4.69, 9.17) is 4.74 Å². The summed E-state index contributed by atoms with van der Waals surface area (Å²) in [7, 11) is 0. The SMILES string of the molecule is Cc1cccc(C(=O)NNC(=O)COc2ccc(-c3ccccc3)cc2Br)c1. The lowest BCUT2D eigenvalue weighted by molar-refractivity contribution is -0.123. The molecule has 2 amide bonds. The first kappa shape index (κ1) is 19.6. The van der Waals surface area contributed by atoms with Crippen LogP contribution in [0.5, 0.6) is 5.75 Å². The van der Waals surface area contributed by atoms with Gasteiger partial charge >= 0.3 is 0 Å². The molecule has 0 fully saturated rings. The van der Waals surface area contributed by atoms with Crippen molar-refractivity contribution in [2.24, 2.45) is 0 Å². The van der Waals surface area contributed by atoms with Crippen molar-refractivity contribution in [2.45, 2.75) is 6.92 Å². The lowest BCUT2D eigenvalue weighted by Crippen LogP contribution is -2.43. The van der Waals surface area contributed by atoms with E-state index in [1.54, 1.807) is 24.3 Å². The summed E-state index contributed by atoms with van der Waals surface area (Å²) < 4.78 is 6.28. The number of carbonyl (C=O) groups is 2. The molecular weight excluding hydrogens is 420 g/mol. The molecule has 3 aromatic rings. The highest BCUT2D eigenvalue weighted by Gasteiger charge is 2.10. The van der Waals surface area contributed by atoms with Crippen molar-refractivity contribution in [3.8, 4) is 16.9 Å². The monoisotopic (exact) mass is 438 g/mol. The van der Waals surface area contributed by atoms with E-state index in [-0.39, 0.29) is 12.5 Å². The van der Waals surface area contributed by atoms with Gasteiger partial charge in [0, 0.05) is 5.56 Å². The van der Waals surface area contributed by atoms with Gasteiger partial charge in [-0.25, -0.2) is 0 Å². The minimum absolute atomic E-state index is 0.225. The normalized spacial score (nSPS) is 10.2. The highest BCUT2D eigenvalue weighted by Crippen LogP contribution is 2.30. The summed E-state index contributed by atoms with van der Waals surface area (Å²) in [4.78, 5) is 24.0. The number of hydrogen-bond donors (Lipinski definition) is 2. The van der Waals surface area contributed by atoms with Crippen molar-refractivity contribution < 1.29 is 14.3 Å². The van der Waals surface area contributed by atoms with Crippen LogP contribution in [0.4, 0.5) is 0 Å². The van der Waals surface area contributed by atoms with Gasteiger partial charge in [0.05, 0.1) is 4.47 Å². The third-order valence-electron chi connectivity index (χ3n) is 3.99. The lowest BCUT2D eigenvalue weighted by Gasteiger charge is -2.11. The fourth-order valence-electron chi connectivity index (χ4n) is 2.59. The molecule has 0 heterocycles. The molecule has 3 rings (SSSR count). The molecule has 0 aromatic heterocycles. The molecule has 28 heavy (non-hydrogen) atoms. The van der Waals surface area contributed by atoms with Gasteiger partial charge in [-0.3, -0.25) is 20.4 Å². The van der Waals surface area contributed by atoms with Crippen LogP contribution in [0, 0.1) is 6.92 Å². The maximum Gasteiger partial charge on any atom is 0.276 e. The summed E-state index contributed by atoms with van der Waals surface area (Å²) in [6.45, 7) is 1.67. The Balaban J connectivity index is 1.52. The zero-order valence-corrected chi connectivity index (χ0v) is 16.8. The van der Waals surface area contributed by atoms with E-state index in [1.807, 2.05) is 55.5 Å². The van der Waals surface area contributed by atoms with E-state index in [0.29, 0.717) is 11.3 Å². The largest absolute Gasteiger partial charge is 0.483 e. The Labute approximate surface area is 171 Å². The lowest BCUT2D eigenvalue weighted by atomic mass is 10.1. The van der Waals surface area contributed by atoms with Crippen molar-refractivity contribution in [1.82, 2.24) is 10.9 Å². The molecule has 142 valence electrons. The van der Waals surface area contributed by atoms with Gasteiger partial charge in [0.15, 0.2) is 6.61 Å². The Morgan fingerprint density at radius 1 is 0.893 bits per heavy atom. The molecule has 0 saturated carbocycles. The second-order valence-electron chi connectivity index (χ2n) is 6.17. The van der Waals surface area contributed by atoms with Crippen LogP contribution in [0.3, 0.4) is 0 Å². The first-order valence-electron chi connectivity index (χ1n) is 8.66. The van der Waals surface area contributed by atoms with Gasteiger partial charge in [-0.2, -0.15) is 0 Å². The Morgan fingerprint density at radius 3 is 2.39 bits per heavy atom. The Kier molecular flexibility index (Phi) is 6.45. The van der Waals surface area contributed by atoms with E-state index in [0.717, 1.165) is 21.2 Å². The molecule has 2 N–H and O–H groups in total. The van der Waals surface area contributed by atoms with Crippen LogP contribution in [0.15, 0.2) is 77.3 Å². The maximum absolute atomic E-state index is 12.0. The van der Waals surface area contributed by atoms with E-state index in [9.17, 15) is 9.59 Å². The van der Waals surface area contributed by atoms with E-state index >= 15 is 0 Å². The van der Waals surface area contributed by atoms with Gasteiger partial charge in [0.1, 0.15) is 5.75 Å². The molecule has 0 spiro atoms. The van der Waals surface area contributed by atoms with Crippen LogP contribution in [0.2, 0.25) is 0 Å². The number of hydrogen-bond acceptors (Lipinski definition) is 3. The van der Waals surface area contributed by atoms with Gasteiger partial charge in [-0.05, 0) is 58.2 Å². The Bertz CT molecular complexity index is 990. The van der Waals surface area contributed by atoms with E-state index in [1.165, 1.54) is 0 Å². The molecule has 0 saturated heterocycles. The Hall–Kier alpha value is -3.12. The van der Waals surface area contributed by atoms with Gasteiger partial charge in [0.25, 0.3) is 11.8 Å². The molecule has 0 unspecified atom stereocenters. The van der Waals surface area contributed by atoms with Gasteiger partial charge in [0.2, 0.25) is 0 Å². The number of rotatable bonds is 5. The standard InChI is InChI=1S/C22H19BrN2O3/c1-15-6-5-9-18(12-15)22(27)25-24-21(26)14-28-20-11-10-17(13-19(20)23)16-7-3-2-4-8-16/h2-13H,14H2,1H3,(H,24,26)(H,25,27). The van der Waals surface area contributed by atoms with Crippen molar-refractivity contribution >= 4 is 27.7 Å². The second-order valence-corrected chi connectivity index (χ2v) is 7.03. The van der Waals surface area contributed by atoms with Crippen molar-refractivity contribution in [3.63, 3.8) is 0 Å². The zero-order valence-electron chi connectivity index (χ0n) is 15.2. The molecule has 0 aliphatic heterocycles. The summed E-state index contributed by atoms with van der Waals surface area (Å²) in [6, 6.07) is 22.7. The van der Waals surface area contributed by atoms with Crippen LogP contribution in [-0.2, 0) is 4.79 Å². The number of amides is 2. The van der Waals surface area contributed by atoms with Crippen LogP contribution >= 0.6 is 15.9 Å². The molecule has 6 heteroatoms. The number of ether oxygens (including phenoxy) is 1. The van der Waals surface area contributed by atoms with E-state index < -0.39 is 5.91 Å². The fourth-order valence-corrected chi connectivity index (χ4v) is 3.09. The number of aryl methyl sites for hydroxylation is 1. The Morgan fingerprint density at radius 2 is 1.68 bits per heavy atom. The highest BCUT2D eigenvalue weighted by molar-refractivity contribution is 9.10. The molecule has 0 bridgehead atoms. The van der Waals surface area contributed by atoms with Crippen LogP contribution in [-0.4, -0.2) is 18.4 Å². The smallest absolute Gasteiger partial charge is 0.276 e. The first-order chi connectivity index (χ1) is 13.5. The number of benzene rings is 3. The van der Waals surface area contributed by atoms with Crippen LogP contribution < -0.4 is 15.6 Å². The summed E-state index contributed by atoms with van der Waals surface area (Å²) >= 11 is 3.47. The van der Waals surface area contributed by atoms with Crippen molar-refractivity contribution in [2.75, 3.05) is 6.61 Å². The minimum Gasteiger partial charge on any atom is -0.483 e. The van der Waals surface area contributed by atoms with Gasteiger partial charge in [-0.1, -0.05) is 54.1 Å². The fraction of sp³-hybridized carbons (Fsp3) is 0.0909. The molecule has 0 aliphatic rings. The number of hydrazine groups is 1. The molecule has 0 atom stereocenters. The summed E-state index contributed by atoms with van der Waals surface area (Å²) in [6.07, 6.45) is 0. The molecule has 3 aromatic carbocycles. The number of halogens is 1. The second kappa shape index (κ2) is 9.19. The third kappa shape index (κ3) is 5.20. The summed E-state index contributed by atoms with van der Waals surface area (Å²) in [5.41, 5.74) is 8.29. The van der Waals surface area contributed by atoms with E-state index in [2.05, 4.69) is 26.8 Å². The van der Waals surface area contributed by atoms with Crippen LogP contribution in [0.25, 0.3) is 11.1 Å². The quantitative estimate of drug-likeness (QED) is 0.584. The predicted molar refractivity (Wildman–Crippen MR) is 112 cm³/mol. The average molecular weight is 439 g/mol. The topological polar surface area (TPSA) is 67.4 Å². The third-order valence-corrected chi connectivity index (χ3v) is 4.61. The molecule has 0 aliphatic carbocycles. The zero-order chi connectivity index (χ0) is 19.9.